The van der Waals surface area contributed by atoms with E-state index in [4.69, 9.17) is 9.84 Å². The summed E-state index contributed by atoms with van der Waals surface area (Å²) in [6.45, 7) is -1.70. The van der Waals surface area contributed by atoms with Crippen LogP contribution in [0.2, 0.25) is 0 Å². The minimum Gasteiger partial charge on any atom is -0.483 e. The molecule has 1 unspecified atom stereocenters. The number of aliphatic hydroxyl groups is 1. The fourth-order valence-electron chi connectivity index (χ4n) is 4.81. The molecular weight excluding hydrogens is 510 g/mol. The SMILES string of the molecule is Cn1cc([C@@H]2C[C@H]2C(=O)Nc2cc(-c3ccc(OC4CCN(C(=O)CO)CC4(F)F)c(C#N)c3)ccn2)cn1. The summed E-state index contributed by atoms with van der Waals surface area (Å²) in [5.74, 6) is -3.93. The first-order valence-electron chi connectivity index (χ1n) is 12.4. The van der Waals surface area contributed by atoms with Crippen LogP contribution < -0.4 is 10.1 Å². The Bertz CT molecular complexity index is 1450. The van der Waals surface area contributed by atoms with Gasteiger partial charge >= 0.3 is 5.92 Å². The lowest BCUT2D eigenvalue weighted by atomic mass is 10.0. The molecule has 1 aliphatic carbocycles. The van der Waals surface area contributed by atoms with Crippen LogP contribution in [0, 0.1) is 17.2 Å². The molecule has 0 radical (unpaired) electrons. The molecule has 3 aromatic rings. The maximum Gasteiger partial charge on any atom is 0.301 e. The lowest BCUT2D eigenvalue weighted by Gasteiger charge is -2.38. The third kappa shape index (κ3) is 5.58. The molecule has 3 heterocycles. The molecule has 2 amide bonds. The summed E-state index contributed by atoms with van der Waals surface area (Å²) in [5, 5.41) is 25.6. The van der Waals surface area contributed by atoms with Crippen molar-refractivity contribution in [1.29, 1.82) is 5.26 Å². The van der Waals surface area contributed by atoms with Gasteiger partial charge < -0.3 is 20.1 Å². The summed E-state index contributed by atoms with van der Waals surface area (Å²) < 4.78 is 36.6. The number of carbonyl (C=O) groups excluding carboxylic acids is 2. The van der Waals surface area contributed by atoms with E-state index < -0.39 is 31.1 Å². The molecule has 1 saturated carbocycles. The minimum absolute atomic E-state index is 0.00520. The zero-order chi connectivity index (χ0) is 27.7. The molecular formula is C27H26F2N6O4. The lowest BCUT2D eigenvalue weighted by molar-refractivity contribution is -0.161. The Hall–Kier alpha value is -4.37. The standard InChI is InChI=1S/C27H26F2N6O4/c1-34-13-19(12-32-34)20-10-21(20)26(38)33-24-9-17(4-6-31-24)16-2-3-22(18(8-16)11-30)39-23-5-7-35(25(37)14-36)15-27(23,28)29/h2-4,6,8-9,12-13,20-21,23,36H,5,7,10,14-15H2,1H3,(H,31,33,38)/t20-,21+,23?/m0/s1. The smallest absolute Gasteiger partial charge is 0.301 e. The highest BCUT2D eigenvalue weighted by molar-refractivity contribution is 5.95. The molecule has 39 heavy (non-hydrogen) atoms. The van der Waals surface area contributed by atoms with E-state index in [2.05, 4.69) is 15.4 Å². The summed E-state index contributed by atoms with van der Waals surface area (Å²) >= 11 is 0. The molecule has 10 nitrogen and oxygen atoms in total. The van der Waals surface area contributed by atoms with Crippen LogP contribution >= 0.6 is 0 Å². The van der Waals surface area contributed by atoms with Crippen molar-refractivity contribution < 1.29 is 28.2 Å². The third-order valence-corrected chi connectivity index (χ3v) is 7.02. The Morgan fingerprint density at radius 1 is 1.28 bits per heavy atom. The molecule has 5 rings (SSSR count). The minimum atomic E-state index is -3.36. The Morgan fingerprint density at radius 2 is 2.08 bits per heavy atom. The van der Waals surface area contributed by atoms with E-state index in [0.29, 0.717) is 16.9 Å². The number of anilines is 1. The summed E-state index contributed by atoms with van der Waals surface area (Å²) in [7, 11) is 1.83. The second-order valence-electron chi connectivity index (χ2n) is 9.77. The first kappa shape index (κ1) is 26.2. The van der Waals surface area contributed by atoms with Gasteiger partial charge in [0.1, 0.15) is 24.2 Å². The number of nitrogens with zero attached hydrogens (tertiary/aromatic N) is 5. The summed E-state index contributed by atoms with van der Waals surface area (Å²) in [6.07, 6.45) is 4.26. The molecule has 2 aliphatic rings. The van der Waals surface area contributed by atoms with E-state index in [0.717, 1.165) is 16.9 Å². The number of piperidine rings is 1. The number of amides is 2. The van der Waals surface area contributed by atoms with Gasteiger partial charge in [-0.05, 0) is 53.3 Å². The number of aromatic nitrogens is 3. The van der Waals surface area contributed by atoms with Crippen LogP contribution in [-0.2, 0) is 16.6 Å². The van der Waals surface area contributed by atoms with Crippen molar-refractivity contribution in [1.82, 2.24) is 19.7 Å². The predicted octanol–water partition coefficient (Wildman–Crippen LogP) is 2.70. The van der Waals surface area contributed by atoms with Gasteiger partial charge in [0.2, 0.25) is 11.8 Å². The number of halogens is 2. The molecule has 2 aromatic heterocycles. The molecule has 0 bridgehead atoms. The Morgan fingerprint density at radius 3 is 2.77 bits per heavy atom. The molecule has 1 aliphatic heterocycles. The van der Waals surface area contributed by atoms with Gasteiger partial charge in [0.25, 0.3) is 0 Å². The second-order valence-corrected chi connectivity index (χ2v) is 9.77. The molecule has 0 spiro atoms. The highest BCUT2D eigenvalue weighted by atomic mass is 19.3. The van der Waals surface area contributed by atoms with Crippen LogP contribution in [0.15, 0.2) is 48.9 Å². The Balaban J connectivity index is 1.27. The highest BCUT2D eigenvalue weighted by Gasteiger charge is 2.48. The number of hydrogen-bond acceptors (Lipinski definition) is 7. The number of aliphatic hydroxyl groups excluding tert-OH is 1. The molecule has 12 heteroatoms. The second kappa shape index (κ2) is 10.4. The third-order valence-electron chi connectivity index (χ3n) is 7.02. The zero-order valence-corrected chi connectivity index (χ0v) is 21.1. The van der Waals surface area contributed by atoms with Crippen molar-refractivity contribution in [3.63, 3.8) is 0 Å². The Labute approximate surface area is 222 Å². The van der Waals surface area contributed by atoms with Crippen LogP contribution in [0.25, 0.3) is 11.1 Å². The van der Waals surface area contributed by atoms with Crippen molar-refractivity contribution >= 4 is 17.6 Å². The van der Waals surface area contributed by atoms with E-state index in [1.807, 2.05) is 19.3 Å². The number of pyridine rings is 1. The van der Waals surface area contributed by atoms with Gasteiger partial charge in [0.15, 0.2) is 6.10 Å². The summed E-state index contributed by atoms with van der Waals surface area (Å²) in [4.78, 5) is 29.5. The zero-order valence-electron chi connectivity index (χ0n) is 21.1. The van der Waals surface area contributed by atoms with Crippen molar-refractivity contribution in [2.75, 3.05) is 25.0 Å². The first-order valence-corrected chi connectivity index (χ1v) is 12.4. The number of hydrogen-bond donors (Lipinski definition) is 2. The fraction of sp³-hybridized carbons (Fsp3) is 0.370. The number of alkyl halides is 2. The van der Waals surface area contributed by atoms with E-state index in [1.54, 1.807) is 29.1 Å². The number of ether oxygens (including phenoxy) is 1. The van der Waals surface area contributed by atoms with Crippen LogP contribution in [0.1, 0.15) is 29.9 Å². The van der Waals surface area contributed by atoms with Gasteiger partial charge in [-0.15, -0.1) is 0 Å². The molecule has 2 fully saturated rings. The fourth-order valence-corrected chi connectivity index (χ4v) is 4.81. The first-order chi connectivity index (χ1) is 18.7. The van der Waals surface area contributed by atoms with E-state index >= 15 is 0 Å². The lowest BCUT2D eigenvalue weighted by Crippen LogP contribution is -2.55. The van der Waals surface area contributed by atoms with Crippen LogP contribution in [-0.4, -0.2) is 68.3 Å². The highest BCUT2D eigenvalue weighted by Crippen LogP contribution is 2.47. The van der Waals surface area contributed by atoms with Gasteiger partial charge in [-0.2, -0.15) is 10.4 Å². The largest absolute Gasteiger partial charge is 0.483 e. The topological polar surface area (TPSA) is 133 Å². The van der Waals surface area contributed by atoms with Crippen LogP contribution in [0.3, 0.4) is 0 Å². The van der Waals surface area contributed by atoms with Crippen molar-refractivity contribution in [3.8, 4) is 22.9 Å². The maximum absolute atomic E-state index is 14.7. The Kier molecular flexibility index (Phi) is 7.01. The van der Waals surface area contributed by atoms with E-state index in [1.165, 1.54) is 18.3 Å². The predicted molar refractivity (Wildman–Crippen MR) is 135 cm³/mol. The number of nitriles is 1. The normalized spacial score (nSPS) is 21.6. The molecule has 1 saturated heterocycles. The molecule has 2 N–H and O–H groups in total. The number of nitrogens with one attached hydrogen (secondary N) is 1. The van der Waals surface area contributed by atoms with Gasteiger partial charge in [-0.25, -0.2) is 13.8 Å². The van der Waals surface area contributed by atoms with Crippen molar-refractivity contribution in [2.45, 2.75) is 30.8 Å². The number of carbonyl (C=O) groups is 2. The molecule has 1 aromatic carbocycles. The average Bonchev–Trinajstić information content (AvgIpc) is 3.62. The van der Waals surface area contributed by atoms with Crippen LogP contribution in [0.4, 0.5) is 14.6 Å². The van der Waals surface area contributed by atoms with Crippen molar-refractivity contribution in [2.24, 2.45) is 13.0 Å². The molecule has 202 valence electrons. The van der Waals surface area contributed by atoms with Gasteiger partial charge in [0, 0.05) is 38.3 Å². The quantitative estimate of drug-likeness (QED) is 0.474. The van der Waals surface area contributed by atoms with Crippen LogP contribution in [0.5, 0.6) is 5.75 Å². The van der Waals surface area contributed by atoms with E-state index in [9.17, 15) is 23.6 Å². The summed E-state index contributed by atoms with van der Waals surface area (Å²) in [5.41, 5.74) is 2.38. The monoisotopic (exact) mass is 536 g/mol. The summed E-state index contributed by atoms with van der Waals surface area (Å²) in [6, 6.07) is 10.0. The maximum atomic E-state index is 14.7. The average molecular weight is 537 g/mol. The van der Waals surface area contributed by atoms with E-state index in [-0.39, 0.29) is 42.0 Å². The van der Waals surface area contributed by atoms with Gasteiger partial charge in [-0.3, -0.25) is 14.3 Å². The number of aryl methyl sites for hydroxylation is 1. The van der Waals surface area contributed by atoms with Gasteiger partial charge in [0.05, 0.1) is 18.3 Å². The van der Waals surface area contributed by atoms with Crippen molar-refractivity contribution in [3.05, 3.63) is 60.0 Å². The van der Waals surface area contributed by atoms with Gasteiger partial charge in [-0.1, -0.05) is 6.07 Å². The number of rotatable bonds is 7. The number of likely N-dealkylation sites (tertiary alicyclic amines) is 1. The number of benzene rings is 1. The molecule has 3 atom stereocenters.